The summed E-state index contributed by atoms with van der Waals surface area (Å²) in [5.74, 6) is 0. The molecule has 0 aliphatic rings. The third-order valence-corrected chi connectivity index (χ3v) is 2.71. The fraction of sp³-hybridized carbons (Fsp3) is 0.0769. The molecule has 0 aliphatic carbocycles. The molecule has 0 aromatic heterocycles. The maximum Gasteiger partial charge on any atom is 0.269 e. The van der Waals surface area contributed by atoms with Gasteiger partial charge in [-0.3, -0.25) is 10.1 Å². The van der Waals surface area contributed by atoms with Crippen LogP contribution in [0.15, 0.2) is 42.5 Å². The molecule has 0 fully saturated rings. The lowest BCUT2D eigenvalue weighted by Gasteiger charge is -2.06. The van der Waals surface area contributed by atoms with E-state index in [9.17, 15) is 10.1 Å². The molecule has 0 heterocycles. The molecule has 5 nitrogen and oxygen atoms in total. The largest absolute Gasteiger partial charge is 0.399 e. The molecular formula is C13H13N3O2. The number of nitrogens with zero attached hydrogens (tertiary/aromatic N) is 1. The maximum absolute atomic E-state index is 10.5. The Hall–Kier alpha value is -2.56. The van der Waals surface area contributed by atoms with Crippen molar-refractivity contribution in [2.75, 3.05) is 11.5 Å². The van der Waals surface area contributed by atoms with Crippen LogP contribution in [0, 0.1) is 10.1 Å². The molecule has 0 amide bonds. The molecule has 0 radical (unpaired) electrons. The molecular weight excluding hydrogens is 230 g/mol. The Kier molecular flexibility index (Phi) is 3.14. The second-order valence-electron chi connectivity index (χ2n) is 4.06. The predicted octanol–water partition coefficient (Wildman–Crippen LogP) is 2.35. The maximum atomic E-state index is 10.5. The molecule has 0 spiro atoms. The van der Waals surface area contributed by atoms with E-state index >= 15 is 0 Å². The minimum Gasteiger partial charge on any atom is -0.399 e. The first kappa shape index (κ1) is 11.9. The third kappa shape index (κ3) is 2.57. The lowest BCUT2D eigenvalue weighted by atomic mass is 10.0. The van der Waals surface area contributed by atoms with Crippen LogP contribution in [0.4, 0.5) is 17.1 Å². The average molecular weight is 243 g/mol. The number of hydrogen-bond acceptors (Lipinski definition) is 4. The minimum atomic E-state index is -0.418. The summed E-state index contributed by atoms with van der Waals surface area (Å²) in [7, 11) is 0. The zero-order valence-electron chi connectivity index (χ0n) is 9.67. The highest BCUT2D eigenvalue weighted by molar-refractivity contribution is 5.56. The van der Waals surface area contributed by atoms with Gasteiger partial charge in [0.1, 0.15) is 0 Å². The number of anilines is 2. The standard InChI is InChI=1S/C13H13N3O2/c14-11-3-6-13(15)10(8-11)7-9-1-4-12(5-2-9)16(17)18/h1-6,8H,7,14-15H2. The fourth-order valence-corrected chi connectivity index (χ4v) is 1.73. The van der Waals surface area contributed by atoms with Gasteiger partial charge in [-0.2, -0.15) is 0 Å². The van der Waals surface area contributed by atoms with E-state index in [1.165, 1.54) is 12.1 Å². The highest BCUT2D eigenvalue weighted by atomic mass is 16.6. The predicted molar refractivity (Wildman–Crippen MR) is 71.2 cm³/mol. The van der Waals surface area contributed by atoms with Crippen molar-refractivity contribution >= 4 is 17.1 Å². The third-order valence-electron chi connectivity index (χ3n) is 2.71. The van der Waals surface area contributed by atoms with Crippen LogP contribution in [-0.2, 0) is 6.42 Å². The zero-order chi connectivity index (χ0) is 13.1. The topological polar surface area (TPSA) is 95.2 Å². The molecule has 0 saturated carbocycles. The van der Waals surface area contributed by atoms with Gasteiger partial charge in [-0.25, -0.2) is 0 Å². The van der Waals surface area contributed by atoms with Crippen molar-refractivity contribution in [2.24, 2.45) is 0 Å². The summed E-state index contributed by atoms with van der Waals surface area (Å²) in [4.78, 5) is 10.1. The number of nitrogens with two attached hydrogens (primary N) is 2. The lowest BCUT2D eigenvalue weighted by Crippen LogP contribution is -1.98. The molecule has 0 atom stereocenters. The number of non-ortho nitro benzene ring substituents is 1. The number of benzene rings is 2. The molecule has 18 heavy (non-hydrogen) atoms. The van der Waals surface area contributed by atoms with Gasteiger partial charge < -0.3 is 11.5 Å². The Bertz CT molecular complexity index is 579. The Balaban J connectivity index is 2.23. The van der Waals surface area contributed by atoms with Crippen LogP contribution in [0.1, 0.15) is 11.1 Å². The Morgan fingerprint density at radius 2 is 1.72 bits per heavy atom. The first-order valence-electron chi connectivity index (χ1n) is 5.43. The van der Waals surface area contributed by atoms with Crippen LogP contribution >= 0.6 is 0 Å². The first-order chi connectivity index (χ1) is 8.56. The van der Waals surface area contributed by atoms with Crippen molar-refractivity contribution in [1.82, 2.24) is 0 Å². The Labute approximate surface area is 104 Å². The van der Waals surface area contributed by atoms with Gasteiger partial charge in [0.25, 0.3) is 5.69 Å². The van der Waals surface area contributed by atoms with Gasteiger partial charge in [0, 0.05) is 23.5 Å². The summed E-state index contributed by atoms with van der Waals surface area (Å²) >= 11 is 0. The van der Waals surface area contributed by atoms with E-state index in [-0.39, 0.29) is 5.69 Å². The molecule has 0 aliphatic heterocycles. The van der Waals surface area contributed by atoms with Crippen LogP contribution in [0.5, 0.6) is 0 Å². The van der Waals surface area contributed by atoms with Gasteiger partial charge in [-0.1, -0.05) is 12.1 Å². The van der Waals surface area contributed by atoms with Crippen molar-refractivity contribution in [2.45, 2.75) is 6.42 Å². The Morgan fingerprint density at radius 1 is 1.06 bits per heavy atom. The lowest BCUT2D eigenvalue weighted by molar-refractivity contribution is -0.384. The van der Waals surface area contributed by atoms with Crippen molar-refractivity contribution in [3.63, 3.8) is 0 Å². The zero-order valence-corrected chi connectivity index (χ0v) is 9.67. The molecule has 4 N–H and O–H groups in total. The van der Waals surface area contributed by atoms with Crippen molar-refractivity contribution in [3.05, 3.63) is 63.7 Å². The van der Waals surface area contributed by atoms with Gasteiger partial charge >= 0.3 is 0 Å². The SMILES string of the molecule is Nc1ccc(N)c(Cc2ccc([N+](=O)[O-])cc2)c1. The number of hydrogen-bond donors (Lipinski definition) is 2. The highest BCUT2D eigenvalue weighted by Crippen LogP contribution is 2.20. The van der Waals surface area contributed by atoms with E-state index in [1.54, 1.807) is 24.3 Å². The van der Waals surface area contributed by atoms with Crippen LogP contribution in [0.3, 0.4) is 0 Å². The van der Waals surface area contributed by atoms with E-state index < -0.39 is 4.92 Å². The molecule has 92 valence electrons. The fourth-order valence-electron chi connectivity index (χ4n) is 1.73. The quantitative estimate of drug-likeness (QED) is 0.491. The molecule has 2 aromatic carbocycles. The molecule has 0 saturated heterocycles. The average Bonchev–Trinajstić information content (AvgIpc) is 2.34. The van der Waals surface area contributed by atoms with Crippen molar-refractivity contribution in [1.29, 1.82) is 0 Å². The van der Waals surface area contributed by atoms with Gasteiger partial charge in [0.15, 0.2) is 0 Å². The van der Waals surface area contributed by atoms with Crippen LogP contribution in [0.2, 0.25) is 0 Å². The molecule has 0 unspecified atom stereocenters. The van der Waals surface area contributed by atoms with Crippen LogP contribution < -0.4 is 11.5 Å². The molecule has 2 rings (SSSR count). The second-order valence-corrected chi connectivity index (χ2v) is 4.06. The summed E-state index contributed by atoms with van der Waals surface area (Å²) < 4.78 is 0. The molecule has 5 heteroatoms. The summed E-state index contributed by atoms with van der Waals surface area (Å²) in [6, 6.07) is 11.7. The van der Waals surface area contributed by atoms with E-state index in [0.717, 1.165) is 11.1 Å². The van der Waals surface area contributed by atoms with Crippen LogP contribution in [-0.4, -0.2) is 4.92 Å². The summed E-state index contributed by atoms with van der Waals surface area (Å²) in [6.07, 6.45) is 0.606. The van der Waals surface area contributed by atoms with E-state index in [4.69, 9.17) is 11.5 Å². The van der Waals surface area contributed by atoms with Gasteiger partial charge in [-0.15, -0.1) is 0 Å². The van der Waals surface area contributed by atoms with Crippen LogP contribution in [0.25, 0.3) is 0 Å². The number of nitro groups is 1. The minimum absolute atomic E-state index is 0.0827. The molecule has 2 aromatic rings. The highest BCUT2D eigenvalue weighted by Gasteiger charge is 2.06. The van der Waals surface area contributed by atoms with Gasteiger partial charge in [-0.05, 0) is 35.7 Å². The summed E-state index contributed by atoms with van der Waals surface area (Å²) in [5.41, 5.74) is 14.8. The van der Waals surface area contributed by atoms with Gasteiger partial charge in [0.05, 0.1) is 4.92 Å². The normalized spacial score (nSPS) is 10.2. The van der Waals surface area contributed by atoms with Gasteiger partial charge in [0.2, 0.25) is 0 Å². The summed E-state index contributed by atoms with van der Waals surface area (Å²) in [5, 5.41) is 10.5. The van der Waals surface area contributed by atoms with Crippen molar-refractivity contribution < 1.29 is 4.92 Å². The first-order valence-corrected chi connectivity index (χ1v) is 5.43. The number of rotatable bonds is 3. The summed E-state index contributed by atoms with van der Waals surface area (Å²) in [6.45, 7) is 0. The molecule has 0 bridgehead atoms. The van der Waals surface area contributed by atoms with E-state index in [1.807, 2.05) is 6.07 Å². The van der Waals surface area contributed by atoms with E-state index in [0.29, 0.717) is 17.8 Å². The number of nitrogen functional groups attached to an aromatic ring is 2. The Morgan fingerprint density at radius 3 is 2.33 bits per heavy atom. The van der Waals surface area contributed by atoms with E-state index in [2.05, 4.69) is 0 Å². The smallest absolute Gasteiger partial charge is 0.269 e. The second kappa shape index (κ2) is 4.75. The van der Waals surface area contributed by atoms with Crippen molar-refractivity contribution in [3.8, 4) is 0 Å². The monoisotopic (exact) mass is 243 g/mol. The number of nitro benzene ring substituents is 1.